The first-order valence-electron chi connectivity index (χ1n) is 7.95. The quantitative estimate of drug-likeness (QED) is 0.451. The van der Waals surface area contributed by atoms with Crippen molar-refractivity contribution in [1.29, 1.82) is 0 Å². The first-order valence-corrected chi connectivity index (χ1v) is 10.6. The number of thiophene rings is 1. The van der Waals surface area contributed by atoms with E-state index in [-0.39, 0.29) is 0 Å². The lowest BCUT2D eigenvalue weighted by Gasteiger charge is -2.09. The largest absolute Gasteiger partial charge is 0.302 e. The predicted molar refractivity (Wildman–Crippen MR) is 107 cm³/mol. The highest BCUT2D eigenvalue weighted by Crippen LogP contribution is 2.32. The van der Waals surface area contributed by atoms with Crippen LogP contribution in [0.25, 0.3) is 11.4 Å². The Hall–Kier alpha value is -1.11. The van der Waals surface area contributed by atoms with Crippen molar-refractivity contribution in [1.82, 2.24) is 14.8 Å². The van der Waals surface area contributed by atoms with Gasteiger partial charge in [-0.3, -0.25) is 0 Å². The Morgan fingerprint density at radius 2 is 2.08 bits per heavy atom. The van der Waals surface area contributed by atoms with E-state index in [1.807, 2.05) is 6.07 Å². The van der Waals surface area contributed by atoms with Gasteiger partial charge < -0.3 is 4.57 Å². The topological polar surface area (TPSA) is 30.7 Å². The van der Waals surface area contributed by atoms with Crippen molar-refractivity contribution >= 4 is 39.0 Å². The van der Waals surface area contributed by atoms with E-state index in [2.05, 4.69) is 75.0 Å². The van der Waals surface area contributed by atoms with Gasteiger partial charge in [0.05, 0.1) is 0 Å². The van der Waals surface area contributed by atoms with E-state index in [0.29, 0.717) is 0 Å². The van der Waals surface area contributed by atoms with Crippen LogP contribution in [0.15, 0.2) is 39.3 Å². The maximum Gasteiger partial charge on any atom is 0.191 e. The number of thioether (sulfide) groups is 1. The Morgan fingerprint density at radius 3 is 2.75 bits per heavy atom. The molecule has 24 heavy (non-hydrogen) atoms. The normalized spacial score (nSPS) is 11.2. The van der Waals surface area contributed by atoms with Crippen LogP contribution in [0, 0.1) is 13.8 Å². The first-order chi connectivity index (χ1) is 11.6. The smallest absolute Gasteiger partial charge is 0.191 e. The van der Waals surface area contributed by atoms with Crippen LogP contribution in [0.2, 0.25) is 0 Å². The number of halogens is 1. The van der Waals surface area contributed by atoms with E-state index < -0.39 is 0 Å². The third kappa shape index (κ3) is 3.76. The second-order valence-electron chi connectivity index (χ2n) is 5.71. The van der Waals surface area contributed by atoms with Crippen molar-refractivity contribution in [2.75, 3.05) is 0 Å². The highest BCUT2D eigenvalue weighted by molar-refractivity contribution is 9.10. The Bertz CT molecular complexity index is 839. The molecule has 3 rings (SSSR count). The van der Waals surface area contributed by atoms with Gasteiger partial charge in [0.2, 0.25) is 0 Å². The molecule has 0 saturated heterocycles. The van der Waals surface area contributed by atoms with Crippen molar-refractivity contribution in [3.05, 3.63) is 50.1 Å². The second kappa shape index (κ2) is 7.85. The minimum Gasteiger partial charge on any atom is -0.302 e. The third-order valence-corrected chi connectivity index (χ3v) is 6.49. The number of benzene rings is 1. The van der Waals surface area contributed by atoms with Crippen molar-refractivity contribution in [2.45, 2.75) is 44.6 Å². The SMILES string of the molecule is CCCn1c(SCc2cccc(Br)c2)nnc1-c1csc(C)c1C. The van der Waals surface area contributed by atoms with E-state index >= 15 is 0 Å². The monoisotopic (exact) mass is 421 g/mol. The highest BCUT2D eigenvalue weighted by atomic mass is 79.9. The van der Waals surface area contributed by atoms with Gasteiger partial charge in [-0.2, -0.15) is 0 Å². The molecule has 2 aromatic heterocycles. The number of aromatic nitrogens is 3. The van der Waals surface area contributed by atoms with Gasteiger partial charge in [-0.05, 0) is 43.5 Å². The summed E-state index contributed by atoms with van der Waals surface area (Å²) in [5.41, 5.74) is 3.81. The molecule has 0 radical (unpaired) electrons. The van der Waals surface area contributed by atoms with Gasteiger partial charge in [0.25, 0.3) is 0 Å². The van der Waals surface area contributed by atoms with Gasteiger partial charge in [0, 0.05) is 32.6 Å². The summed E-state index contributed by atoms with van der Waals surface area (Å²) in [6.07, 6.45) is 1.07. The molecule has 0 aliphatic heterocycles. The molecule has 1 aromatic carbocycles. The summed E-state index contributed by atoms with van der Waals surface area (Å²) in [7, 11) is 0. The lowest BCUT2D eigenvalue weighted by atomic mass is 10.1. The molecular formula is C18H20BrN3S2. The summed E-state index contributed by atoms with van der Waals surface area (Å²) in [5, 5.41) is 12.2. The van der Waals surface area contributed by atoms with Crippen LogP contribution in [0.3, 0.4) is 0 Å². The van der Waals surface area contributed by atoms with Crippen LogP contribution in [-0.2, 0) is 12.3 Å². The zero-order chi connectivity index (χ0) is 17.1. The zero-order valence-electron chi connectivity index (χ0n) is 14.0. The maximum atomic E-state index is 4.50. The Balaban J connectivity index is 1.87. The summed E-state index contributed by atoms with van der Waals surface area (Å²) in [5.74, 6) is 1.89. The van der Waals surface area contributed by atoms with Gasteiger partial charge >= 0.3 is 0 Å². The van der Waals surface area contributed by atoms with E-state index in [4.69, 9.17) is 0 Å². The molecule has 2 heterocycles. The molecule has 6 heteroatoms. The molecular weight excluding hydrogens is 402 g/mol. The molecule has 0 aliphatic carbocycles. The first kappa shape index (κ1) is 17.7. The predicted octanol–water partition coefficient (Wildman–Crippen LogP) is 6.09. The zero-order valence-corrected chi connectivity index (χ0v) is 17.3. The van der Waals surface area contributed by atoms with E-state index in [1.54, 1.807) is 23.1 Å². The Kier molecular flexibility index (Phi) is 5.79. The summed E-state index contributed by atoms with van der Waals surface area (Å²) >= 11 is 7.06. The number of hydrogen-bond acceptors (Lipinski definition) is 4. The van der Waals surface area contributed by atoms with Gasteiger partial charge in [-0.15, -0.1) is 21.5 Å². The fraction of sp³-hybridized carbons (Fsp3) is 0.333. The number of aryl methyl sites for hydroxylation is 1. The lowest BCUT2D eigenvalue weighted by molar-refractivity contribution is 0.626. The van der Waals surface area contributed by atoms with Crippen LogP contribution in [-0.4, -0.2) is 14.8 Å². The van der Waals surface area contributed by atoms with Crippen LogP contribution in [0.5, 0.6) is 0 Å². The highest BCUT2D eigenvalue weighted by Gasteiger charge is 2.17. The number of nitrogens with zero attached hydrogens (tertiary/aromatic N) is 3. The van der Waals surface area contributed by atoms with Crippen LogP contribution in [0.4, 0.5) is 0 Å². The molecule has 0 atom stereocenters. The molecule has 0 spiro atoms. The number of hydrogen-bond donors (Lipinski definition) is 0. The Labute approximate surface area is 159 Å². The van der Waals surface area contributed by atoms with E-state index in [9.17, 15) is 0 Å². The van der Waals surface area contributed by atoms with Crippen molar-refractivity contribution < 1.29 is 0 Å². The summed E-state index contributed by atoms with van der Waals surface area (Å²) in [6, 6.07) is 8.42. The molecule has 0 bridgehead atoms. The molecule has 0 saturated carbocycles. The van der Waals surface area contributed by atoms with Crippen molar-refractivity contribution in [3.63, 3.8) is 0 Å². The van der Waals surface area contributed by atoms with Gasteiger partial charge in [0.15, 0.2) is 11.0 Å². The molecule has 126 valence electrons. The molecule has 0 fully saturated rings. The van der Waals surface area contributed by atoms with Gasteiger partial charge in [-0.1, -0.05) is 46.7 Å². The minimum absolute atomic E-state index is 0.892. The minimum atomic E-state index is 0.892. The van der Waals surface area contributed by atoms with Crippen LogP contribution < -0.4 is 0 Å². The van der Waals surface area contributed by atoms with E-state index in [0.717, 1.165) is 34.2 Å². The van der Waals surface area contributed by atoms with Crippen LogP contribution in [0.1, 0.15) is 29.3 Å². The maximum absolute atomic E-state index is 4.50. The van der Waals surface area contributed by atoms with Crippen LogP contribution >= 0.6 is 39.0 Å². The van der Waals surface area contributed by atoms with Gasteiger partial charge in [0.1, 0.15) is 0 Å². The average molecular weight is 422 g/mol. The fourth-order valence-corrected chi connectivity index (χ4v) is 4.75. The second-order valence-corrected chi connectivity index (χ2v) is 8.65. The molecule has 0 amide bonds. The summed E-state index contributed by atoms with van der Waals surface area (Å²) in [4.78, 5) is 1.35. The lowest BCUT2D eigenvalue weighted by Crippen LogP contribution is -2.02. The molecule has 0 unspecified atom stereocenters. The molecule has 0 aliphatic rings. The fourth-order valence-electron chi connectivity index (χ4n) is 2.53. The Morgan fingerprint density at radius 1 is 1.25 bits per heavy atom. The summed E-state index contributed by atoms with van der Waals surface area (Å²) in [6.45, 7) is 7.46. The van der Waals surface area contributed by atoms with Crippen molar-refractivity contribution in [2.24, 2.45) is 0 Å². The molecule has 3 nitrogen and oxygen atoms in total. The number of rotatable bonds is 6. The van der Waals surface area contributed by atoms with Gasteiger partial charge in [-0.25, -0.2) is 0 Å². The standard InChI is InChI=1S/C18H20BrN3S2/c1-4-8-22-17(16-11-23-13(3)12(16)2)20-21-18(22)24-10-14-6-5-7-15(19)9-14/h5-7,9,11H,4,8,10H2,1-3H3. The molecule has 0 N–H and O–H groups in total. The average Bonchev–Trinajstić information content (AvgIpc) is 3.10. The van der Waals surface area contributed by atoms with Crippen molar-refractivity contribution in [3.8, 4) is 11.4 Å². The van der Waals surface area contributed by atoms with E-state index in [1.165, 1.54) is 21.6 Å². The third-order valence-electron chi connectivity index (χ3n) is 3.95. The summed E-state index contributed by atoms with van der Waals surface area (Å²) < 4.78 is 3.37. The molecule has 3 aromatic rings.